The van der Waals surface area contributed by atoms with Crippen LogP contribution < -0.4 is 9.47 Å². The molecule has 0 aromatic heterocycles. The van der Waals surface area contributed by atoms with Gasteiger partial charge in [-0.3, -0.25) is 10.1 Å². The number of esters is 1. The van der Waals surface area contributed by atoms with Gasteiger partial charge in [-0.2, -0.15) is 0 Å². The summed E-state index contributed by atoms with van der Waals surface area (Å²) in [4.78, 5) is 22.4. The molecule has 0 amide bonds. The molecule has 0 saturated carbocycles. The molecule has 0 unspecified atom stereocenters. The number of carbonyl (C=O) groups excluding carboxylic acids is 1. The van der Waals surface area contributed by atoms with Crippen LogP contribution in [0, 0.1) is 16.0 Å². The Labute approximate surface area is 158 Å². The van der Waals surface area contributed by atoms with E-state index in [1.807, 2.05) is 0 Å². The van der Waals surface area contributed by atoms with Crippen LogP contribution in [-0.2, 0) is 11.3 Å². The monoisotopic (exact) mass is 373 g/mol. The third-order valence-electron chi connectivity index (χ3n) is 3.87. The lowest BCUT2D eigenvalue weighted by molar-refractivity contribution is -0.384. The van der Waals surface area contributed by atoms with E-state index in [0.29, 0.717) is 35.2 Å². The van der Waals surface area contributed by atoms with E-state index in [1.54, 1.807) is 30.3 Å². The van der Waals surface area contributed by atoms with Crippen LogP contribution in [0.5, 0.6) is 11.5 Å². The maximum atomic E-state index is 12.2. The Morgan fingerprint density at radius 2 is 1.81 bits per heavy atom. The molecule has 0 radical (unpaired) electrons. The molecule has 0 spiro atoms. The van der Waals surface area contributed by atoms with Gasteiger partial charge in [-0.05, 0) is 48.2 Å². The predicted octanol–water partition coefficient (Wildman–Crippen LogP) is 4.39. The van der Waals surface area contributed by atoms with Crippen LogP contribution in [0.2, 0.25) is 0 Å². The molecule has 2 rings (SSSR count). The number of carbonyl (C=O) groups is 1. The summed E-state index contributed by atoms with van der Waals surface area (Å²) in [5.41, 5.74) is 0.988. The van der Waals surface area contributed by atoms with Crippen LogP contribution in [0.1, 0.15) is 36.2 Å². The zero-order valence-electron chi connectivity index (χ0n) is 15.6. The van der Waals surface area contributed by atoms with Crippen molar-refractivity contribution >= 4 is 11.7 Å². The van der Waals surface area contributed by atoms with Crippen LogP contribution in [0.3, 0.4) is 0 Å². The summed E-state index contributed by atoms with van der Waals surface area (Å²) in [7, 11) is 1.51. The Balaban J connectivity index is 1.98. The Kier molecular flexibility index (Phi) is 7.16. The maximum Gasteiger partial charge on any atom is 0.338 e. The maximum absolute atomic E-state index is 12.2. The number of benzene rings is 2. The van der Waals surface area contributed by atoms with Gasteiger partial charge in [0.1, 0.15) is 6.61 Å². The van der Waals surface area contributed by atoms with Gasteiger partial charge in [-0.1, -0.05) is 13.8 Å². The van der Waals surface area contributed by atoms with Gasteiger partial charge in [0.25, 0.3) is 5.69 Å². The standard InChI is InChI=1S/C20H23NO6/c1-14(2)10-11-26-18-9-6-16(12-19(18)25-3)20(22)27-13-15-4-7-17(8-5-15)21(23)24/h4-9,12,14H,10-11,13H2,1-3H3. The van der Waals surface area contributed by atoms with Crippen LogP contribution in [0.15, 0.2) is 42.5 Å². The second-order valence-electron chi connectivity index (χ2n) is 6.40. The fraction of sp³-hybridized carbons (Fsp3) is 0.350. The second kappa shape index (κ2) is 9.56. The largest absolute Gasteiger partial charge is 0.493 e. The minimum atomic E-state index is -0.514. The number of nitrogens with zero attached hydrogens (tertiary/aromatic N) is 1. The first-order chi connectivity index (χ1) is 12.9. The van der Waals surface area contributed by atoms with E-state index in [1.165, 1.54) is 19.2 Å². The zero-order chi connectivity index (χ0) is 19.8. The number of non-ortho nitro benzene ring substituents is 1. The molecule has 0 fully saturated rings. The third kappa shape index (κ3) is 5.99. The van der Waals surface area contributed by atoms with Gasteiger partial charge >= 0.3 is 5.97 Å². The summed E-state index contributed by atoms with van der Waals surface area (Å²) in [5, 5.41) is 10.6. The highest BCUT2D eigenvalue weighted by atomic mass is 16.6. The molecule has 0 aliphatic rings. The zero-order valence-corrected chi connectivity index (χ0v) is 15.6. The minimum absolute atomic E-state index is 0.0112. The van der Waals surface area contributed by atoms with E-state index in [9.17, 15) is 14.9 Å². The average molecular weight is 373 g/mol. The summed E-state index contributed by atoms with van der Waals surface area (Å²) >= 11 is 0. The lowest BCUT2D eigenvalue weighted by Gasteiger charge is -2.13. The summed E-state index contributed by atoms with van der Waals surface area (Å²) in [6.45, 7) is 4.82. The number of nitro benzene ring substituents is 1. The molecule has 0 atom stereocenters. The fourth-order valence-corrected chi connectivity index (χ4v) is 2.26. The minimum Gasteiger partial charge on any atom is -0.493 e. The molecule has 0 bridgehead atoms. The molecule has 144 valence electrons. The summed E-state index contributed by atoms with van der Waals surface area (Å²) < 4.78 is 16.3. The van der Waals surface area contributed by atoms with Gasteiger partial charge in [0.2, 0.25) is 0 Å². The van der Waals surface area contributed by atoms with Crippen molar-refractivity contribution in [2.24, 2.45) is 5.92 Å². The van der Waals surface area contributed by atoms with Crippen LogP contribution in [0.25, 0.3) is 0 Å². The molecule has 2 aromatic carbocycles. The predicted molar refractivity (Wildman–Crippen MR) is 100 cm³/mol. The van der Waals surface area contributed by atoms with Crippen LogP contribution in [0.4, 0.5) is 5.69 Å². The van der Waals surface area contributed by atoms with E-state index >= 15 is 0 Å². The number of nitro groups is 1. The molecule has 0 heterocycles. The molecule has 2 aromatic rings. The number of hydrogen-bond acceptors (Lipinski definition) is 6. The number of rotatable bonds is 9. The number of ether oxygens (including phenoxy) is 3. The highest BCUT2D eigenvalue weighted by Gasteiger charge is 2.13. The second-order valence-corrected chi connectivity index (χ2v) is 6.40. The topological polar surface area (TPSA) is 87.9 Å². The third-order valence-corrected chi connectivity index (χ3v) is 3.87. The van der Waals surface area contributed by atoms with Gasteiger partial charge in [0.05, 0.1) is 24.2 Å². The van der Waals surface area contributed by atoms with Gasteiger partial charge in [-0.15, -0.1) is 0 Å². The fourth-order valence-electron chi connectivity index (χ4n) is 2.26. The molecular weight excluding hydrogens is 350 g/mol. The highest BCUT2D eigenvalue weighted by Crippen LogP contribution is 2.29. The quantitative estimate of drug-likeness (QED) is 0.368. The van der Waals surface area contributed by atoms with E-state index in [2.05, 4.69) is 13.8 Å². The normalized spacial score (nSPS) is 10.5. The van der Waals surface area contributed by atoms with E-state index in [-0.39, 0.29) is 12.3 Å². The SMILES string of the molecule is COc1cc(C(=O)OCc2ccc([N+](=O)[O-])cc2)ccc1OCCC(C)C. The van der Waals surface area contributed by atoms with Gasteiger partial charge in [0.15, 0.2) is 11.5 Å². The van der Waals surface area contributed by atoms with E-state index < -0.39 is 10.9 Å². The average Bonchev–Trinajstić information content (AvgIpc) is 2.66. The van der Waals surface area contributed by atoms with Crippen molar-refractivity contribution in [2.45, 2.75) is 26.9 Å². The Hall–Kier alpha value is -3.09. The first kappa shape index (κ1) is 20.2. The van der Waals surface area contributed by atoms with Crippen molar-refractivity contribution in [3.05, 3.63) is 63.7 Å². The Morgan fingerprint density at radius 1 is 1.11 bits per heavy atom. The first-order valence-corrected chi connectivity index (χ1v) is 8.62. The van der Waals surface area contributed by atoms with Crippen molar-refractivity contribution in [1.82, 2.24) is 0 Å². The van der Waals surface area contributed by atoms with Crippen molar-refractivity contribution in [2.75, 3.05) is 13.7 Å². The highest BCUT2D eigenvalue weighted by molar-refractivity contribution is 5.90. The summed E-state index contributed by atoms with van der Waals surface area (Å²) in [6.07, 6.45) is 0.919. The molecule has 27 heavy (non-hydrogen) atoms. The summed E-state index contributed by atoms with van der Waals surface area (Å²) in [5.74, 6) is 1.05. The van der Waals surface area contributed by atoms with Crippen molar-refractivity contribution < 1.29 is 23.9 Å². The van der Waals surface area contributed by atoms with Gasteiger partial charge in [-0.25, -0.2) is 4.79 Å². The van der Waals surface area contributed by atoms with Gasteiger partial charge in [0, 0.05) is 12.1 Å². The smallest absolute Gasteiger partial charge is 0.338 e. The van der Waals surface area contributed by atoms with Crippen LogP contribution >= 0.6 is 0 Å². The van der Waals surface area contributed by atoms with Crippen molar-refractivity contribution in [1.29, 1.82) is 0 Å². The first-order valence-electron chi connectivity index (χ1n) is 8.62. The molecule has 0 saturated heterocycles. The number of methoxy groups -OCH3 is 1. The van der Waals surface area contributed by atoms with Gasteiger partial charge < -0.3 is 14.2 Å². The van der Waals surface area contributed by atoms with Crippen molar-refractivity contribution in [3.8, 4) is 11.5 Å². The molecule has 0 aliphatic carbocycles. The summed E-state index contributed by atoms with van der Waals surface area (Å²) in [6, 6.07) is 10.7. The van der Waals surface area contributed by atoms with Crippen molar-refractivity contribution in [3.63, 3.8) is 0 Å². The molecule has 7 nitrogen and oxygen atoms in total. The Bertz CT molecular complexity index is 786. The molecule has 0 N–H and O–H groups in total. The molecule has 0 aliphatic heterocycles. The van der Waals surface area contributed by atoms with Crippen LogP contribution in [-0.4, -0.2) is 24.6 Å². The Morgan fingerprint density at radius 3 is 2.41 bits per heavy atom. The van der Waals surface area contributed by atoms with E-state index in [4.69, 9.17) is 14.2 Å². The lowest BCUT2D eigenvalue weighted by Crippen LogP contribution is -2.07. The molecular formula is C20H23NO6. The lowest BCUT2D eigenvalue weighted by atomic mass is 10.1. The molecule has 7 heteroatoms. The number of hydrogen-bond donors (Lipinski definition) is 0. The van der Waals surface area contributed by atoms with E-state index in [0.717, 1.165) is 6.42 Å².